The molecule has 0 amide bonds. The minimum absolute atomic E-state index is 0.107. The number of carbonyl (C=O) groups excluding carboxylic acids is 4. The number of hydrogen-bond acceptors (Lipinski definition) is 15. The molecule has 0 aliphatic carbocycles. The van der Waals surface area contributed by atoms with Crippen molar-refractivity contribution in [3.8, 4) is 0 Å². The second-order valence-corrected chi connectivity index (χ2v) is 33.3. The van der Waals surface area contributed by atoms with Gasteiger partial charge in [-0.1, -0.05) is 370 Å². The van der Waals surface area contributed by atoms with Gasteiger partial charge in [0, 0.05) is 25.7 Å². The van der Waals surface area contributed by atoms with Crippen LogP contribution in [-0.4, -0.2) is 96.7 Å². The second kappa shape index (κ2) is 71.3. The van der Waals surface area contributed by atoms with E-state index in [0.29, 0.717) is 25.7 Å². The molecule has 17 nitrogen and oxygen atoms in total. The van der Waals surface area contributed by atoms with E-state index >= 15 is 0 Å². The first-order valence-electron chi connectivity index (χ1n) is 41.9. The van der Waals surface area contributed by atoms with E-state index in [1.54, 1.807) is 0 Å². The molecule has 19 heteroatoms. The zero-order valence-corrected chi connectivity index (χ0v) is 67.5. The SMILES string of the molecule is CCCCCCCCCCCCCCC(=O)OC[C@H](COP(=O)(O)OC[C@H](O)COP(=O)(O)OC[C@@H](COC(=O)CCCCCCCCCCCCCCCC(C)C)OC(=O)CCCCCCCCCCCCCCCCC(C)CC)OC(=O)CCCCCCCCCCCCCC(C)C. The molecule has 0 saturated carbocycles. The summed E-state index contributed by atoms with van der Waals surface area (Å²) in [7, 11) is -9.92. The molecule has 3 N–H and O–H groups in total. The van der Waals surface area contributed by atoms with Gasteiger partial charge in [0.15, 0.2) is 12.2 Å². The highest BCUT2D eigenvalue weighted by molar-refractivity contribution is 7.47. The number of rotatable bonds is 79. The van der Waals surface area contributed by atoms with Crippen molar-refractivity contribution < 1.29 is 80.2 Å². The third-order valence-corrected chi connectivity index (χ3v) is 21.1. The predicted molar refractivity (Wildman–Crippen MR) is 409 cm³/mol. The quantitative estimate of drug-likeness (QED) is 0.0222. The average Bonchev–Trinajstić information content (AvgIpc) is 0.939. The van der Waals surface area contributed by atoms with Crippen LogP contribution < -0.4 is 0 Å². The Balaban J connectivity index is 5.27. The van der Waals surface area contributed by atoms with Gasteiger partial charge < -0.3 is 33.8 Å². The molecule has 0 spiro atoms. The van der Waals surface area contributed by atoms with E-state index in [0.717, 1.165) is 108 Å². The third kappa shape index (κ3) is 73.0. The number of unbranched alkanes of at least 4 members (excludes halogenated alkanes) is 46. The van der Waals surface area contributed by atoms with E-state index in [4.69, 9.17) is 37.0 Å². The molecule has 0 heterocycles. The van der Waals surface area contributed by atoms with E-state index in [1.807, 2.05) is 0 Å². The summed E-state index contributed by atoms with van der Waals surface area (Å²) < 4.78 is 68.8. The topological polar surface area (TPSA) is 237 Å². The lowest BCUT2D eigenvalue weighted by molar-refractivity contribution is -0.161. The fraction of sp³-hybridized carbons (Fsp3) is 0.951. The number of carbonyl (C=O) groups is 4. The Morgan fingerprint density at radius 1 is 0.290 bits per heavy atom. The number of aliphatic hydroxyl groups is 1. The highest BCUT2D eigenvalue weighted by Crippen LogP contribution is 2.45. The van der Waals surface area contributed by atoms with Crippen molar-refractivity contribution in [3.05, 3.63) is 0 Å². The van der Waals surface area contributed by atoms with Crippen LogP contribution >= 0.6 is 15.6 Å². The summed E-state index contributed by atoms with van der Waals surface area (Å²) in [6, 6.07) is 0. The number of phosphoric ester groups is 2. The molecule has 0 aromatic rings. The van der Waals surface area contributed by atoms with Gasteiger partial charge in [-0.05, 0) is 43.4 Å². The summed E-state index contributed by atoms with van der Waals surface area (Å²) in [5.74, 6) is 0.293. The first-order chi connectivity index (χ1) is 48.3. The van der Waals surface area contributed by atoms with Gasteiger partial charge in [-0.15, -0.1) is 0 Å². The number of phosphoric acid groups is 2. The Morgan fingerprint density at radius 3 is 0.760 bits per heavy atom. The fourth-order valence-electron chi connectivity index (χ4n) is 12.5. The van der Waals surface area contributed by atoms with Gasteiger partial charge >= 0.3 is 39.5 Å². The van der Waals surface area contributed by atoms with Gasteiger partial charge in [-0.2, -0.15) is 0 Å². The molecule has 0 aromatic heterocycles. The molecule has 0 aromatic carbocycles. The van der Waals surface area contributed by atoms with Crippen molar-refractivity contribution in [1.29, 1.82) is 0 Å². The zero-order chi connectivity index (χ0) is 73.7. The van der Waals surface area contributed by atoms with E-state index in [-0.39, 0.29) is 25.7 Å². The van der Waals surface area contributed by atoms with Crippen molar-refractivity contribution in [3.63, 3.8) is 0 Å². The lowest BCUT2D eigenvalue weighted by Crippen LogP contribution is -2.30. The molecule has 0 aliphatic rings. The maximum atomic E-state index is 13.1. The summed E-state index contributed by atoms with van der Waals surface area (Å²) in [5.41, 5.74) is 0. The Bertz CT molecular complexity index is 1940. The molecule has 0 rings (SSSR count). The van der Waals surface area contributed by atoms with E-state index < -0.39 is 97.5 Å². The van der Waals surface area contributed by atoms with Crippen LogP contribution in [0.4, 0.5) is 0 Å². The lowest BCUT2D eigenvalue weighted by atomic mass is 9.99. The van der Waals surface area contributed by atoms with E-state index in [9.17, 15) is 43.2 Å². The van der Waals surface area contributed by atoms with Gasteiger partial charge in [-0.25, -0.2) is 9.13 Å². The largest absolute Gasteiger partial charge is 0.472 e. The predicted octanol–water partition coefficient (Wildman–Crippen LogP) is 24.1. The molecule has 594 valence electrons. The first kappa shape index (κ1) is 98.1. The van der Waals surface area contributed by atoms with Crippen molar-refractivity contribution in [1.82, 2.24) is 0 Å². The van der Waals surface area contributed by atoms with Crippen molar-refractivity contribution in [2.45, 2.75) is 439 Å². The Hall–Kier alpha value is -1.94. The fourth-order valence-corrected chi connectivity index (χ4v) is 14.0. The molecular formula is C81H158O17P2. The number of esters is 4. The maximum absolute atomic E-state index is 13.1. The summed E-state index contributed by atoms with van der Waals surface area (Å²) in [5, 5.41) is 10.6. The molecular weight excluding hydrogens is 1310 g/mol. The van der Waals surface area contributed by atoms with Crippen molar-refractivity contribution in [2.24, 2.45) is 17.8 Å². The highest BCUT2D eigenvalue weighted by atomic mass is 31.2. The van der Waals surface area contributed by atoms with Crippen LogP contribution in [0.5, 0.6) is 0 Å². The number of aliphatic hydroxyl groups excluding tert-OH is 1. The molecule has 0 aliphatic heterocycles. The minimum Gasteiger partial charge on any atom is -0.462 e. The monoisotopic (exact) mass is 1470 g/mol. The molecule has 100 heavy (non-hydrogen) atoms. The van der Waals surface area contributed by atoms with Crippen LogP contribution in [0.2, 0.25) is 0 Å². The van der Waals surface area contributed by atoms with Gasteiger partial charge in [0.2, 0.25) is 0 Å². The summed E-state index contributed by atoms with van der Waals surface area (Å²) in [4.78, 5) is 73.1. The number of hydrogen-bond donors (Lipinski definition) is 3. The second-order valence-electron chi connectivity index (χ2n) is 30.4. The highest BCUT2D eigenvalue weighted by Gasteiger charge is 2.30. The van der Waals surface area contributed by atoms with Gasteiger partial charge in [0.05, 0.1) is 26.4 Å². The van der Waals surface area contributed by atoms with Crippen LogP contribution in [-0.2, 0) is 65.4 Å². The number of ether oxygens (including phenoxy) is 4. The van der Waals surface area contributed by atoms with Crippen molar-refractivity contribution in [2.75, 3.05) is 39.6 Å². The van der Waals surface area contributed by atoms with Crippen LogP contribution in [0.15, 0.2) is 0 Å². The average molecular weight is 1470 g/mol. The van der Waals surface area contributed by atoms with Gasteiger partial charge in [-0.3, -0.25) is 37.3 Å². The summed E-state index contributed by atoms with van der Waals surface area (Å²) in [6.07, 6.45) is 59.4. The molecule has 6 atom stereocenters. The first-order valence-corrected chi connectivity index (χ1v) is 44.9. The van der Waals surface area contributed by atoms with Crippen LogP contribution in [0.1, 0.15) is 421 Å². The van der Waals surface area contributed by atoms with Crippen LogP contribution in [0.25, 0.3) is 0 Å². The molecule has 0 fully saturated rings. The van der Waals surface area contributed by atoms with E-state index in [1.165, 1.54) is 231 Å². The van der Waals surface area contributed by atoms with Crippen LogP contribution in [0.3, 0.4) is 0 Å². The molecule has 0 radical (unpaired) electrons. The molecule has 0 bridgehead atoms. The lowest BCUT2D eigenvalue weighted by Gasteiger charge is -2.21. The zero-order valence-electron chi connectivity index (χ0n) is 65.7. The maximum Gasteiger partial charge on any atom is 0.472 e. The van der Waals surface area contributed by atoms with Crippen LogP contribution in [0, 0.1) is 17.8 Å². The summed E-state index contributed by atoms with van der Waals surface area (Å²) >= 11 is 0. The van der Waals surface area contributed by atoms with Gasteiger partial charge in [0.25, 0.3) is 0 Å². The normalized spacial score (nSPS) is 14.2. The molecule has 3 unspecified atom stereocenters. The smallest absolute Gasteiger partial charge is 0.462 e. The Kier molecular flexibility index (Phi) is 69.9. The minimum atomic E-state index is -4.96. The third-order valence-electron chi connectivity index (χ3n) is 19.2. The van der Waals surface area contributed by atoms with E-state index in [2.05, 4.69) is 48.5 Å². The molecule has 0 saturated heterocycles. The van der Waals surface area contributed by atoms with Gasteiger partial charge in [0.1, 0.15) is 19.3 Å². The Labute approximate surface area is 613 Å². The van der Waals surface area contributed by atoms with Crippen molar-refractivity contribution >= 4 is 39.5 Å². The summed E-state index contributed by atoms with van der Waals surface area (Å²) in [6.45, 7) is 12.0. The Morgan fingerprint density at radius 2 is 0.510 bits per heavy atom. The standard InChI is InChI=1S/C81H158O17P2/c1-8-10-11-12-13-14-15-27-34-41-48-55-62-78(83)91-68-77(98-81(86)65-58-51-44-37-30-23-25-32-39-46-53-60-73(5)6)71-96-100(89,90)94-67-75(82)66-93-99(87,88)95-70-76(69-92-79(84)63-56-49-42-35-28-22-18-19-24-31-38-45-52-59-72(3)4)97-80(85)64-57-50-43-36-29-21-17-16-20-26-33-40-47-54-61-74(7)9-2/h72-77,82H,8-71H2,1-7H3,(H,87,88)(H,89,90)/t74?,75-,76-,77-/m1/s1.